The van der Waals surface area contributed by atoms with Gasteiger partial charge in [0, 0.05) is 41.5 Å². The number of nitrogens with zero attached hydrogens (tertiary/aromatic N) is 2. The molecule has 0 aliphatic carbocycles. The van der Waals surface area contributed by atoms with Crippen molar-refractivity contribution >= 4 is 17.5 Å². The molecule has 2 N–H and O–H groups in total. The lowest BCUT2D eigenvalue weighted by molar-refractivity contribution is 0.0954. The van der Waals surface area contributed by atoms with Crippen molar-refractivity contribution in [3.8, 4) is 22.5 Å². The first-order valence-corrected chi connectivity index (χ1v) is 9.68. The number of hydrogen-bond acceptors (Lipinski definition) is 3. The standard InChI is InChI=1S/C23H19ClN4O/c24-20-21(16-8-2-1-3-9-16)27-28-22(20)18-11-4-5-12-19(18)23(29)26-15-13-17-10-6-7-14-25-17/h1-12,14H,13,15H2,(H,26,29)(H,27,28). The molecule has 0 unspecified atom stereocenters. The number of amides is 1. The number of carbonyl (C=O) groups excluding carboxylic acids is 1. The summed E-state index contributed by atoms with van der Waals surface area (Å²) in [6, 6.07) is 22.8. The summed E-state index contributed by atoms with van der Waals surface area (Å²) in [5.74, 6) is -0.170. The van der Waals surface area contributed by atoms with Crippen LogP contribution in [0.5, 0.6) is 0 Å². The predicted octanol–water partition coefficient (Wildman–Crippen LogP) is 4.76. The molecule has 5 nitrogen and oxygen atoms in total. The molecule has 0 aliphatic rings. The zero-order valence-corrected chi connectivity index (χ0v) is 16.4. The van der Waals surface area contributed by atoms with Gasteiger partial charge in [0.2, 0.25) is 0 Å². The Kier molecular flexibility index (Phi) is 5.68. The number of halogens is 1. The second-order valence-corrected chi connectivity index (χ2v) is 6.88. The average molecular weight is 403 g/mol. The van der Waals surface area contributed by atoms with Gasteiger partial charge in [0.05, 0.1) is 10.7 Å². The Bertz CT molecular complexity index is 1110. The molecule has 0 aliphatic heterocycles. The minimum Gasteiger partial charge on any atom is -0.352 e. The maximum Gasteiger partial charge on any atom is 0.251 e. The van der Waals surface area contributed by atoms with Crippen LogP contribution in [-0.4, -0.2) is 27.6 Å². The molecule has 0 spiro atoms. The molecule has 4 aromatic rings. The molecular formula is C23H19ClN4O. The fourth-order valence-electron chi connectivity index (χ4n) is 3.14. The highest BCUT2D eigenvalue weighted by Gasteiger charge is 2.19. The molecule has 0 atom stereocenters. The first-order valence-electron chi connectivity index (χ1n) is 9.31. The van der Waals surface area contributed by atoms with E-state index < -0.39 is 0 Å². The van der Waals surface area contributed by atoms with Gasteiger partial charge in [-0.05, 0) is 18.2 Å². The molecule has 0 radical (unpaired) electrons. The van der Waals surface area contributed by atoms with E-state index in [2.05, 4.69) is 20.5 Å². The van der Waals surface area contributed by atoms with Crippen molar-refractivity contribution in [1.82, 2.24) is 20.5 Å². The molecule has 2 aromatic heterocycles. The fourth-order valence-corrected chi connectivity index (χ4v) is 3.43. The molecule has 0 saturated carbocycles. The van der Waals surface area contributed by atoms with E-state index in [1.165, 1.54) is 0 Å². The highest BCUT2D eigenvalue weighted by atomic mass is 35.5. The number of carbonyl (C=O) groups is 1. The minimum absolute atomic E-state index is 0.170. The van der Waals surface area contributed by atoms with E-state index >= 15 is 0 Å². The van der Waals surface area contributed by atoms with Gasteiger partial charge in [0.15, 0.2) is 0 Å². The molecular weight excluding hydrogens is 384 g/mol. The Morgan fingerprint density at radius 1 is 0.966 bits per heavy atom. The van der Waals surface area contributed by atoms with Gasteiger partial charge in [-0.1, -0.05) is 66.2 Å². The molecule has 0 saturated heterocycles. The molecule has 0 bridgehead atoms. The van der Waals surface area contributed by atoms with Crippen molar-refractivity contribution in [1.29, 1.82) is 0 Å². The first kappa shape index (κ1) is 18.9. The lowest BCUT2D eigenvalue weighted by Gasteiger charge is -2.09. The van der Waals surface area contributed by atoms with Crippen molar-refractivity contribution < 1.29 is 4.79 Å². The number of nitrogens with one attached hydrogen (secondary N) is 2. The van der Waals surface area contributed by atoms with E-state index in [1.807, 2.05) is 66.7 Å². The third-order valence-corrected chi connectivity index (χ3v) is 4.96. The van der Waals surface area contributed by atoms with Gasteiger partial charge in [-0.2, -0.15) is 5.10 Å². The molecule has 29 heavy (non-hydrogen) atoms. The van der Waals surface area contributed by atoms with Gasteiger partial charge in [-0.3, -0.25) is 14.9 Å². The average Bonchev–Trinajstić information content (AvgIpc) is 3.16. The van der Waals surface area contributed by atoms with E-state index in [4.69, 9.17) is 11.6 Å². The largest absolute Gasteiger partial charge is 0.352 e. The number of aromatic amines is 1. The van der Waals surface area contributed by atoms with Gasteiger partial charge in [0.25, 0.3) is 5.91 Å². The minimum atomic E-state index is -0.170. The van der Waals surface area contributed by atoms with Gasteiger partial charge in [0.1, 0.15) is 5.69 Å². The lowest BCUT2D eigenvalue weighted by Crippen LogP contribution is -2.26. The van der Waals surface area contributed by atoms with Crippen LogP contribution >= 0.6 is 11.6 Å². The maximum atomic E-state index is 12.8. The molecule has 0 fully saturated rings. The number of aromatic nitrogens is 3. The summed E-state index contributed by atoms with van der Waals surface area (Å²) < 4.78 is 0. The van der Waals surface area contributed by atoms with Crippen LogP contribution < -0.4 is 5.32 Å². The highest BCUT2D eigenvalue weighted by molar-refractivity contribution is 6.35. The summed E-state index contributed by atoms with van der Waals surface area (Å²) in [4.78, 5) is 17.1. The predicted molar refractivity (Wildman–Crippen MR) is 115 cm³/mol. The van der Waals surface area contributed by atoms with E-state index in [0.29, 0.717) is 34.8 Å². The first-order chi connectivity index (χ1) is 14.2. The zero-order valence-electron chi connectivity index (χ0n) is 15.6. The highest BCUT2D eigenvalue weighted by Crippen LogP contribution is 2.35. The van der Waals surface area contributed by atoms with Crippen molar-refractivity contribution in [2.24, 2.45) is 0 Å². The van der Waals surface area contributed by atoms with Crippen molar-refractivity contribution in [2.45, 2.75) is 6.42 Å². The summed E-state index contributed by atoms with van der Waals surface area (Å²) in [5.41, 5.74) is 4.37. The molecule has 2 heterocycles. The van der Waals surface area contributed by atoms with Gasteiger partial charge in [-0.15, -0.1) is 0 Å². The van der Waals surface area contributed by atoms with Crippen LogP contribution in [0.3, 0.4) is 0 Å². The normalized spacial score (nSPS) is 10.7. The number of H-pyrrole nitrogens is 1. The van der Waals surface area contributed by atoms with Gasteiger partial charge >= 0.3 is 0 Å². The summed E-state index contributed by atoms with van der Waals surface area (Å²) in [6.45, 7) is 0.494. The lowest BCUT2D eigenvalue weighted by atomic mass is 10.0. The summed E-state index contributed by atoms with van der Waals surface area (Å²) in [7, 11) is 0. The number of benzene rings is 2. The van der Waals surface area contributed by atoms with Crippen LogP contribution in [0.4, 0.5) is 0 Å². The van der Waals surface area contributed by atoms with Gasteiger partial charge in [-0.25, -0.2) is 0 Å². The fraction of sp³-hybridized carbons (Fsp3) is 0.0870. The van der Waals surface area contributed by atoms with Crippen LogP contribution in [0.1, 0.15) is 16.1 Å². The molecule has 2 aromatic carbocycles. The van der Waals surface area contributed by atoms with Crippen LogP contribution in [0.2, 0.25) is 5.02 Å². The summed E-state index contributed by atoms with van der Waals surface area (Å²) in [5, 5.41) is 10.8. The van der Waals surface area contributed by atoms with Crippen LogP contribution in [0.15, 0.2) is 79.0 Å². The third kappa shape index (κ3) is 4.20. The van der Waals surface area contributed by atoms with E-state index in [0.717, 1.165) is 17.0 Å². The molecule has 144 valence electrons. The topological polar surface area (TPSA) is 70.7 Å². The maximum absolute atomic E-state index is 12.8. The Labute approximate surface area is 173 Å². The molecule has 4 rings (SSSR count). The Morgan fingerprint density at radius 3 is 2.52 bits per heavy atom. The monoisotopic (exact) mass is 402 g/mol. The van der Waals surface area contributed by atoms with Crippen molar-refractivity contribution in [2.75, 3.05) is 6.54 Å². The number of hydrogen-bond donors (Lipinski definition) is 2. The Hall–Kier alpha value is -3.44. The summed E-state index contributed by atoms with van der Waals surface area (Å²) in [6.07, 6.45) is 2.41. The second kappa shape index (κ2) is 8.71. The van der Waals surface area contributed by atoms with Crippen LogP contribution in [-0.2, 0) is 6.42 Å². The van der Waals surface area contributed by atoms with E-state index in [-0.39, 0.29) is 5.91 Å². The van der Waals surface area contributed by atoms with Crippen molar-refractivity contribution in [3.05, 3.63) is 95.3 Å². The second-order valence-electron chi connectivity index (χ2n) is 6.50. The Balaban J connectivity index is 1.56. The SMILES string of the molecule is O=C(NCCc1ccccn1)c1ccccc1-c1n[nH]c(-c2ccccc2)c1Cl. The number of rotatable bonds is 6. The number of pyridine rings is 1. The third-order valence-electron chi connectivity index (χ3n) is 4.59. The van der Waals surface area contributed by atoms with Crippen LogP contribution in [0.25, 0.3) is 22.5 Å². The van der Waals surface area contributed by atoms with Crippen molar-refractivity contribution in [3.63, 3.8) is 0 Å². The van der Waals surface area contributed by atoms with Crippen LogP contribution in [0, 0.1) is 0 Å². The van der Waals surface area contributed by atoms with E-state index in [1.54, 1.807) is 12.3 Å². The van der Waals surface area contributed by atoms with Gasteiger partial charge < -0.3 is 5.32 Å². The van der Waals surface area contributed by atoms with E-state index in [9.17, 15) is 4.79 Å². The smallest absolute Gasteiger partial charge is 0.251 e. The molecule has 1 amide bonds. The quantitative estimate of drug-likeness (QED) is 0.488. The molecule has 6 heteroatoms. The Morgan fingerprint density at radius 2 is 1.72 bits per heavy atom. The zero-order chi connectivity index (χ0) is 20.1. The summed E-state index contributed by atoms with van der Waals surface area (Å²) >= 11 is 6.62.